The van der Waals surface area contributed by atoms with E-state index in [1.165, 1.54) is 0 Å². The molecular weight excluding hydrogens is 602 g/mol. The molecule has 0 radical (unpaired) electrons. The second kappa shape index (κ2) is 12.2. The summed E-state index contributed by atoms with van der Waals surface area (Å²) in [4.78, 5) is 17.0. The van der Waals surface area contributed by atoms with Crippen molar-refractivity contribution < 1.29 is 44.5 Å². The number of aliphatic imine (C=N–C) groups is 1. The normalized spacial score (nSPS) is 46.4. The number of fused-ring (bicyclic) bond motifs is 5. The summed E-state index contributed by atoms with van der Waals surface area (Å²) >= 11 is 0. The fourth-order valence-corrected chi connectivity index (χ4v) is 10.9. The Kier molecular flexibility index (Phi) is 8.62. The van der Waals surface area contributed by atoms with Gasteiger partial charge in [-0.1, -0.05) is 19.1 Å². The predicted octanol–water partition coefficient (Wildman–Crippen LogP) is 3.60. The molecule has 2 heterocycles. The van der Waals surface area contributed by atoms with Gasteiger partial charge in [-0.15, -0.1) is 0 Å². The summed E-state index contributed by atoms with van der Waals surface area (Å²) in [6, 6.07) is 7.15. The Balaban J connectivity index is 1.15. The molecule has 10 heteroatoms. The lowest BCUT2D eigenvalue weighted by Gasteiger charge is -2.66. The van der Waals surface area contributed by atoms with Crippen LogP contribution in [0.5, 0.6) is 5.75 Å². The quantitative estimate of drug-likeness (QED) is 0.168. The van der Waals surface area contributed by atoms with Gasteiger partial charge in [-0.2, -0.15) is 0 Å². The highest BCUT2D eigenvalue weighted by Crippen LogP contribution is 2.70. The molecule has 6 aliphatic rings. The third-order valence-electron chi connectivity index (χ3n) is 13.4. The van der Waals surface area contributed by atoms with Gasteiger partial charge in [0.05, 0.1) is 29.5 Å². The Bertz CT molecular complexity index is 1390. The van der Waals surface area contributed by atoms with Crippen LogP contribution in [-0.2, 0) is 25.4 Å². The molecule has 5 fully saturated rings. The maximum atomic E-state index is 12.7. The molecule has 4 saturated carbocycles. The standard InChI is InChI=1S/C37H51NO9/c1-22-33(42)30(40)18-32(46-22)47-26-7-13-35(21-38-16-11-23-3-5-25(39)6-4-23)28-8-12-34(2)27(24-17-31(41)45-20-24)10-15-37(34,44)29(28)9-14-36(35,43)19-26/h3-6,17,21-22,26-30,32-33,39-40,42-44H,7-16,18-20H2,1-2H3/t22-,26-,27+,28-,29+,30+,32+,33+,34+,35-,36-,37-/m0/s1. The van der Waals surface area contributed by atoms with Gasteiger partial charge in [0, 0.05) is 42.5 Å². The number of carbonyl (C=O) groups is 1. The van der Waals surface area contributed by atoms with E-state index < -0.39 is 41.2 Å². The molecule has 0 aromatic heterocycles. The summed E-state index contributed by atoms with van der Waals surface area (Å²) in [6.45, 7) is 4.77. The van der Waals surface area contributed by atoms with Crippen LogP contribution in [0.3, 0.4) is 0 Å². The molecule has 7 rings (SSSR count). The molecule has 0 unspecified atom stereocenters. The van der Waals surface area contributed by atoms with E-state index in [4.69, 9.17) is 19.2 Å². The van der Waals surface area contributed by atoms with E-state index in [2.05, 4.69) is 6.92 Å². The highest BCUT2D eigenvalue weighted by molar-refractivity contribution is 5.85. The summed E-state index contributed by atoms with van der Waals surface area (Å²) < 4.78 is 17.6. The van der Waals surface area contributed by atoms with Crippen molar-refractivity contribution in [3.8, 4) is 5.75 Å². The lowest BCUT2D eigenvalue weighted by atomic mass is 9.41. The molecule has 12 atom stereocenters. The molecule has 1 aromatic carbocycles. The van der Waals surface area contributed by atoms with Crippen LogP contribution in [0.4, 0.5) is 0 Å². The monoisotopic (exact) mass is 653 g/mol. The molecule has 10 nitrogen and oxygen atoms in total. The zero-order valence-corrected chi connectivity index (χ0v) is 27.6. The summed E-state index contributed by atoms with van der Waals surface area (Å²) in [5, 5.41) is 55.7. The van der Waals surface area contributed by atoms with Crippen molar-refractivity contribution in [1.29, 1.82) is 0 Å². The summed E-state index contributed by atoms with van der Waals surface area (Å²) in [5.41, 5.74) is -1.00. The van der Waals surface area contributed by atoms with Crippen LogP contribution in [0, 0.1) is 28.6 Å². The number of hydrogen-bond donors (Lipinski definition) is 5. The van der Waals surface area contributed by atoms with E-state index in [9.17, 15) is 30.3 Å². The number of benzene rings is 1. The molecule has 5 N–H and O–H groups in total. The average molecular weight is 654 g/mol. The van der Waals surface area contributed by atoms with E-state index in [1.807, 2.05) is 18.3 Å². The van der Waals surface area contributed by atoms with Crippen molar-refractivity contribution in [2.24, 2.45) is 33.6 Å². The number of carbonyl (C=O) groups excluding carboxylic acids is 1. The molecule has 0 spiro atoms. The average Bonchev–Trinajstić information content (AvgIpc) is 3.58. The first-order valence-corrected chi connectivity index (χ1v) is 17.7. The number of aliphatic hydroxyl groups is 4. The minimum atomic E-state index is -1.10. The first-order chi connectivity index (χ1) is 22.4. The van der Waals surface area contributed by atoms with Crippen molar-refractivity contribution >= 4 is 12.2 Å². The van der Waals surface area contributed by atoms with Gasteiger partial charge < -0.3 is 39.7 Å². The van der Waals surface area contributed by atoms with Gasteiger partial charge in [-0.05, 0) is 106 Å². The molecule has 1 saturated heterocycles. The van der Waals surface area contributed by atoms with Crippen molar-refractivity contribution in [3.05, 3.63) is 41.5 Å². The Morgan fingerprint density at radius 3 is 2.51 bits per heavy atom. The van der Waals surface area contributed by atoms with Crippen molar-refractivity contribution in [1.82, 2.24) is 0 Å². The number of aromatic hydroxyl groups is 1. The van der Waals surface area contributed by atoms with Gasteiger partial charge in [-0.3, -0.25) is 4.99 Å². The van der Waals surface area contributed by atoms with E-state index in [0.717, 1.165) is 30.4 Å². The topological polar surface area (TPSA) is 158 Å². The Labute approximate surface area is 276 Å². The first-order valence-electron chi connectivity index (χ1n) is 17.7. The number of cyclic esters (lactones) is 1. The smallest absolute Gasteiger partial charge is 0.331 e. The molecule has 0 amide bonds. The lowest BCUT2D eigenvalue weighted by Crippen LogP contribution is -2.69. The number of rotatable bonds is 7. The third kappa shape index (κ3) is 5.47. The van der Waals surface area contributed by atoms with Crippen molar-refractivity contribution in [2.75, 3.05) is 13.2 Å². The number of esters is 1. The minimum absolute atomic E-state index is 0.0228. The zero-order valence-electron chi connectivity index (χ0n) is 27.6. The zero-order chi connectivity index (χ0) is 33.2. The lowest BCUT2D eigenvalue weighted by molar-refractivity contribution is -0.282. The van der Waals surface area contributed by atoms with E-state index >= 15 is 0 Å². The van der Waals surface area contributed by atoms with Crippen LogP contribution < -0.4 is 0 Å². The highest BCUT2D eigenvalue weighted by Gasteiger charge is 2.71. The number of aliphatic hydroxyl groups excluding tert-OH is 2. The third-order valence-corrected chi connectivity index (χ3v) is 13.4. The molecule has 4 aliphatic carbocycles. The molecule has 2 aliphatic heterocycles. The van der Waals surface area contributed by atoms with E-state index in [0.29, 0.717) is 58.1 Å². The number of phenolic OH excluding ortho intramolecular Hbond substituents is 1. The fourth-order valence-electron chi connectivity index (χ4n) is 10.9. The number of hydrogen-bond acceptors (Lipinski definition) is 10. The van der Waals surface area contributed by atoms with Crippen LogP contribution in [0.25, 0.3) is 0 Å². The predicted molar refractivity (Wildman–Crippen MR) is 173 cm³/mol. The highest BCUT2D eigenvalue weighted by atomic mass is 16.7. The van der Waals surface area contributed by atoms with Crippen LogP contribution in [0.1, 0.15) is 83.6 Å². The van der Waals surface area contributed by atoms with Crippen LogP contribution in [-0.4, -0.2) is 92.8 Å². The van der Waals surface area contributed by atoms with Gasteiger partial charge >= 0.3 is 5.97 Å². The number of ether oxygens (including phenoxy) is 3. The molecule has 0 bridgehead atoms. The number of phenols is 1. The van der Waals surface area contributed by atoms with Gasteiger partial charge in [-0.25, -0.2) is 4.79 Å². The maximum absolute atomic E-state index is 12.7. The van der Waals surface area contributed by atoms with E-state index in [1.54, 1.807) is 25.1 Å². The first kappa shape index (κ1) is 33.2. The fraction of sp³-hybridized carbons (Fsp3) is 0.730. The summed E-state index contributed by atoms with van der Waals surface area (Å²) in [5.74, 6) is 0.0225. The van der Waals surface area contributed by atoms with Gasteiger partial charge in [0.25, 0.3) is 0 Å². The second-order valence-corrected chi connectivity index (χ2v) is 15.6. The summed E-state index contributed by atoms with van der Waals surface area (Å²) in [6.07, 6.45) is 7.18. The Morgan fingerprint density at radius 2 is 1.79 bits per heavy atom. The molecule has 47 heavy (non-hydrogen) atoms. The van der Waals surface area contributed by atoms with Crippen LogP contribution >= 0.6 is 0 Å². The largest absolute Gasteiger partial charge is 0.508 e. The molecule has 258 valence electrons. The minimum Gasteiger partial charge on any atom is -0.508 e. The maximum Gasteiger partial charge on any atom is 0.331 e. The Morgan fingerprint density at radius 1 is 1.02 bits per heavy atom. The van der Waals surface area contributed by atoms with Crippen molar-refractivity contribution in [2.45, 2.75) is 126 Å². The SMILES string of the molecule is C[C@@H]1O[C@H](O[C@H]2CC[C@]3(C=NCCc4ccc(O)cc4)[C@H]4CC[C@]5(C)[C@@H](C6=CC(=O)OC6)CC[C@]5(O)[C@@H]4CC[C@]3(O)C2)C[C@@H](O)[C@@H]1O. The van der Waals surface area contributed by atoms with Crippen molar-refractivity contribution in [3.63, 3.8) is 0 Å². The summed E-state index contributed by atoms with van der Waals surface area (Å²) in [7, 11) is 0. The molecular formula is C37H51NO9. The molecule has 1 aromatic rings. The van der Waals surface area contributed by atoms with Gasteiger partial charge in [0.15, 0.2) is 6.29 Å². The number of nitrogens with zero attached hydrogens (tertiary/aromatic N) is 1. The van der Waals surface area contributed by atoms with E-state index in [-0.39, 0.29) is 47.4 Å². The van der Waals surface area contributed by atoms with Crippen LogP contribution in [0.15, 0.2) is 40.9 Å². The second-order valence-electron chi connectivity index (χ2n) is 15.6. The Hall–Kier alpha value is -2.34. The van der Waals surface area contributed by atoms with Crippen LogP contribution in [0.2, 0.25) is 0 Å². The van der Waals surface area contributed by atoms with Gasteiger partial charge in [0.2, 0.25) is 0 Å². The van der Waals surface area contributed by atoms with Gasteiger partial charge in [0.1, 0.15) is 18.5 Å².